The third-order valence-electron chi connectivity index (χ3n) is 12.1. The predicted octanol–water partition coefficient (Wildman–Crippen LogP) is 12.9. The van der Waals surface area contributed by atoms with Crippen molar-refractivity contribution >= 4 is 92.3 Å². The number of nitrogens with zero attached hydrogens (tertiary/aromatic N) is 4. The fraction of sp³-hybridized carbons (Fsp3) is 0.0196. The van der Waals surface area contributed by atoms with Gasteiger partial charge < -0.3 is 4.40 Å². The summed E-state index contributed by atoms with van der Waals surface area (Å²) >= 11 is 0. The summed E-state index contributed by atoms with van der Waals surface area (Å²) in [5.74, 6) is 0.666. The highest BCUT2D eigenvalue weighted by molar-refractivity contribution is 6.33. The molecule has 0 saturated carbocycles. The highest BCUT2D eigenvalue weighted by Gasteiger charge is 2.24. The zero-order chi connectivity index (χ0) is 35.8. The molecule has 0 radical (unpaired) electrons. The molecule has 0 aliphatic heterocycles. The van der Waals surface area contributed by atoms with Crippen molar-refractivity contribution in [3.05, 3.63) is 181 Å². The first-order valence-electron chi connectivity index (χ1n) is 19.0. The van der Waals surface area contributed by atoms with Crippen molar-refractivity contribution in [2.75, 3.05) is 0 Å². The molecule has 0 amide bonds. The largest absolute Gasteiger partial charge is 0.308 e. The summed E-state index contributed by atoms with van der Waals surface area (Å²) in [4.78, 5) is 10.6. The maximum atomic E-state index is 5.37. The molecule has 0 spiro atoms. The number of fused-ring (bicyclic) bond motifs is 12. The standard InChI is InChI=1S/C51H30N4/c1-2-13-30(14-3-1)49-37-18-4-7-24-40(37)52-51(53-49)55-42-26-9-6-19-38(42)47-44(55)28-27-43-48(47)39-23-12-22-36-35-21-11-16-32-29-31-15-10-20-34(45(31)46(32)35)33-17-5-8-25-41(33)54(43)50(36)39/h1-28H,29H2. The smallest absolute Gasteiger partial charge is 0.235 e. The highest BCUT2D eigenvalue weighted by atomic mass is 15.2. The lowest BCUT2D eigenvalue weighted by molar-refractivity contribution is 1.01. The van der Waals surface area contributed by atoms with Gasteiger partial charge in [0, 0.05) is 43.3 Å². The van der Waals surface area contributed by atoms with Gasteiger partial charge in [0.25, 0.3) is 0 Å². The van der Waals surface area contributed by atoms with Crippen LogP contribution in [0.1, 0.15) is 11.1 Å². The minimum Gasteiger partial charge on any atom is -0.308 e. The quantitative estimate of drug-likeness (QED) is 0.180. The molecule has 4 nitrogen and oxygen atoms in total. The zero-order valence-electron chi connectivity index (χ0n) is 29.7. The van der Waals surface area contributed by atoms with Crippen molar-refractivity contribution in [3.63, 3.8) is 0 Å². The van der Waals surface area contributed by atoms with E-state index in [9.17, 15) is 0 Å². The molecule has 1 aliphatic rings. The van der Waals surface area contributed by atoms with Crippen LogP contribution in [0, 0.1) is 0 Å². The summed E-state index contributed by atoms with van der Waals surface area (Å²) < 4.78 is 4.82. The molecule has 8 aromatic carbocycles. The topological polar surface area (TPSA) is 35.1 Å². The minimum atomic E-state index is 0.666. The maximum Gasteiger partial charge on any atom is 0.235 e. The summed E-state index contributed by atoms with van der Waals surface area (Å²) in [5, 5.41) is 13.8. The van der Waals surface area contributed by atoms with Gasteiger partial charge >= 0.3 is 0 Å². The molecule has 55 heavy (non-hydrogen) atoms. The van der Waals surface area contributed by atoms with Crippen molar-refractivity contribution in [3.8, 4) is 17.2 Å². The highest BCUT2D eigenvalue weighted by Crippen LogP contribution is 2.46. The van der Waals surface area contributed by atoms with Gasteiger partial charge in [0.2, 0.25) is 5.95 Å². The first-order valence-corrected chi connectivity index (χ1v) is 19.0. The Bertz CT molecular complexity index is 3680. The SMILES string of the molecule is c1ccc(-c2nc(-n3c4ccccc4c4c5c6cccc7c8cccc9c8c8c(cccc8c8ccccc8n(c5ccc43)c76)C9)nc3ccccc23)cc1. The second kappa shape index (κ2) is 10.6. The Morgan fingerprint density at radius 3 is 1.76 bits per heavy atom. The van der Waals surface area contributed by atoms with Crippen molar-refractivity contribution in [1.82, 2.24) is 18.9 Å². The van der Waals surface area contributed by atoms with Crippen molar-refractivity contribution in [2.45, 2.75) is 6.42 Å². The van der Waals surface area contributed by atoms with Crippen LogP contribution in [0.15, 0.2) is 170 Å². The molecule has 12 aromatic rings. The fourth-order valence-electron chi connectivity index (χ4n) is 9.91. The van der Waals surface area contributed by atoms with Gasteiger partial charge in [-0.25, -0.2) is 9.97 Å². The predicted molar refractivity (Wildman–Crippen MR) is 229 cm³/mol. The van der Waals surface area contributed by atoms with Crippen LogP contribution in [-0.2, 0) is 6.42 Å². The second-order valence-corrected chi connectivity index (χ2v) is 14.9. The molecule has 0 saturated heterocycles. The number of aromatic nitrogens is 4. The summed E-state index contributed by atoms with van der Waals surface area (Å²) in [6, 6.07) is 61.8. The number of rotatable bonds is 2. The average molecular weight is 699 g/mol. The van der Waals surface area contributed by atoms with Crippen LogP contribution in [0.4, 0.5) is 0 Å². The van der Waals surface area contributed by atoms with E-state index in [1.807, 2.05) is 0 Å². The van der Waals surface area contributed by atoms with E-state index in [1.54, 1.807) is 0 Å². The Balaban J connectivity index is 1.26. The van der Waals surface area contributed by atoms with E-state index in [2.05, 4.69) is 179 Å². The maximum absolute atomic E-state index is 5.37. The van der Waals surface area contributed by atoms with Gasteiger partial charge in [-0.3, -0.25) is 4.57 Å². The van der Waals surface area contributed by atoms with Crippen LogP contribution in [0.2, 0.25) is 0 Å². The molecule has 0 fully saturated rings. The number of benzene rings is 8. The van der Waals surface area contributed by atoms with Crippen molar-refractivity contribution < 1.29 is 0 Å². The Morgan fingerprint density at radius 1 is 0.364 bits per heavy atom. The van der Waals surface area contributed by atoms with Gasteiger partial charge in [-0.15, -0.1) is 0 Å². The molecule has 4 aromatic heterocycles. The summed E-state index contributed by atoms with van der Waals surface area (Å²) in [5.41, 5.74) is 11.5. The minimum absolute atomic E-state index is 0.666. The lowest BCUT2D eigenvalue weighted by Gasteiger charge is -2.11. The van der Waals surface area contributed by atoms with Crippen LogP contribution < -0.4 is 0 Å². The summed E-state index contributed by atoms with van der Waals surface area (Å²) in [7, 11) is 0. The van der Waals surface area contributed by atoms with E-state index in [-0.39, 0.29) is 0 Å². The van der Waals surface area contributed by atoms with E-state index in [1.165, 1.54) is 81.5 Å². The lowest BCUT2D eigenvalue weighted by atomic mass is 10.00. The molecule has 0 unspecified atom stereocenters. The molecule has 0 bridgehead atoms. The van der Waals surface area contributed by atoms with Crippen LogP contribution in [0.25, 0.3) is 110 Å². The Kier molecular flexibility index (Phi) is 5.65. The van der Waals surface area contributed by atoms with Gasteiger partial charge in [-0.2, -0.15) is 0 Å². The lowest BCUT2D eigenvalue weighted by Crippen LogP contribution is -2.03. The fourth-order valence-corrected chi connectivity index (χ4v) is 9.91. The van der Waals surface area contributed by atoms with E-state index in [0.717, 1.165) is 39.6 Å². The third-order valence-corrected chi connectivity index (χ3v) is 12.1. The molecule has 0 atom stereocenters. The van der Waals surface area contributed by atoms with E-state index in [0.29, 0.717) is 5.95 Å². The molecule has 4 heterocycles. The van der Waals surface area contributed by atoms with Crippen LogP contribution in [0.3, 0.4) is 0 Å². The Hall–Kier alpha value is -7.30. The normalized spacial score (nSPS) is 12.7. The first kappa shape index (κ1) is 29.2. The molecule has 254 valence electrons. The van der Waals surface area contributed by atoms with E-state index in [4.69, 9.17) is 9.97 Å². The average Bonchev–Trinajstić information content (AvgIpc) is 3.92. The van der Waals surface area contributed by atoms with Gasteiger partial charge in [-0.1, -0.05) is 140 Å². The summed E-state index contributed by atoms with van der Waals surface area (Å²) in [6.45, 7) is 0. The number of para-hydroxylation sites is 4. The molecule has 4 heteroatoms. The molecule has 0 N–H and O–H groups in total. The zero-order valence-corrected chi connectivity index (χ0v) is 29.7. The van der Waals surface area contributed by atoms with Gasteiger partial charge in [0.15, 0.2) is 0 Å². The van der Waals surface area contributed by atoms with Gasteiger partial charge in [-0.05, 0) is 69.4 Å². The number of hydrogen-bond donors (Lipinski definition) is 0. The van der Waals surface area contributed by atoms with Crippen LogP contribution >= 0.6 is 0 Å². The van der Waals surface area contributed by atoms with Gasteiger partial charge in [0.1, 0.15) is 0 Å². The Morgan fingerprint density at radius 2 is 0.945 bits per heavy atom. The van der Waals surface area contributed by atoms with Crippen LogP contribution in [0.5, 0.6) is 0 Å². The monoisotopic (exact) mass is 698 g/mol. The first-order chi connectivity index (χ1) is 27.3. The molecular formula is C51H30N4. The molecule has 13 rings (SSSR count). The number of hydrogen-bond acceptors (Lipinski definition) is 2. The van der Waals surface area contributed by atoms with E-state index >= 15 is 0 Å². The van der Waals surface area contributed by atoms with Crippen LogP contribution in [-0.4, -0.2) is 18.9 Å². The third kappa shape index (κ3) is 3.80. The van der Waals surface area contributed by atoms with E-state index < -0.39 is 0 Å². The molecular weight excluding hydrogens is 669 g/mol. The van der Waals surface area contributed by atoms with Gasteiger partial charge in [0.05, 0.1) is 38.8 Å². The second-order valence-electron chi connectivity index (χ2n) is 14.9. The summed E-state index contributed by atoms with van der Waals surface area (Å²) in [6.07, 6.45) is 0.955. The van der Waals surface area contributed by atoms with Crippen molar-refractivity contribution in [1.29, 1.82) is 0 Å². The molecule has 1 aliphatic carbocycles. The Labute approximate surface area is 314 Å². The van der Waals surface area contributed by atoms with Crippen molar-refractivity contribution in [2.24, 2.45) is 0 Å².